The fourth-order valence-electron chi connectivity index (χ4n) is 3.36. The van der Waals surface area contributed by atoms with Gasteiger partial charge in [0.25, 0.3) is 11.8 Å². The number of thiazole rings is 1. The molecule has 0 fully saturated rings. The largest absolute Gasteiger partial charge is 0.416 e. The second-order valence-electron chi connectivity index (χ2n) is 8.09. The van der Waals surface area contributed by atoms with Gasteiger partial charge in [-0.25, -0.2) is 9.78 Å². The van der Waals surface area contributed by atoms with Gasteiger partial charge in [0.2, 0.25) is 0 Å². The molecule has 0 bridgehead atoms. The van der Waals surface area contributed by atoms with Gasteiger partial charge < -0.3 is 16.4 Å². The van der Waals surface area contributed by atoms with Crippen molar-refractivity contribution in [2.45, 2.75) is 13.1 Å². The van der Waals surface area contributed by atoms with E-state index in [-0.39, 0.29) is 5.56 Å². The number of aryl methyl sites for hydroxylation is 1. The molecular weight excluding hydrogens is 507 g/mol. The summed E-state index contributed by atoms with van der Waals surface area (Å²) in [4.78, 5) is 42.4. The van der Waals surface area contributed by atoms with Crippen molar-refractivity contribution in [3.63, 3.8) is 0 Å². The summed E-state index contributed by atoms with van der Waals surface area (Å²) < 4.78 is 39.6. The van der Waals surface area contributed by atoms with Gasteiger partial charge in [-0.05, 0) is 61.0 Å². The molecule has 4 aromatic rings. The minimum atomic E-state index is -4.57. The Bertz CT molecular complexity index is 1530. The molecule has 0 unspecified atom stereocenters. The summed E-state index contributed by atoms with van der Waals surface area (Å²) in [7, 11) is 1.50. The lowest BCUT2D eigenvalue weighted by Crippen LogP contribution is -2.31. The summed E-state index contributed by atoms with van der Waals surface area (Å²) in [6, 6.07) is 13.1. The number of carbonyl (C=O) groups is 3. The third-order valence-electron chi connectivity index (χ3n) is 5.45. The SMILES string of the molecule is Cc1ccc(NC(=O)c2cccc(C(F)(F)F)c2)cc1NC(=O)c1ccc2nc(N(C)C(N)=O)sc2c1. The second kappa shape index (κ2) is 9.90. The molecule has 0 atom stereocenters. The zero-order valence-electron chi connectivity index (χ0n) is 19.5. The number of hydrogen-bond donors (Lipinski definition) is 3. The number of halogens is 3. The summed E-state index contributed by atoms with van der Waals surface area (Å²) in [5, 5.41) is 5.73. The summed E-state index contributed by atoms with van der Waals surface area (Å²) >= 11 is 1.20. The van der Waals surface area contributed by atoms with E-state index in [9.17, 15) is 27.6 Å². The Balaban J connectivity index is 1.52. The Labute approximate surface area is 212 Å². The maximum absolute atomic E-state index is 13.0. The van der Waals surface area contributed by atoms with Crippen LogP contribution < -0.4 is 21.3 Å². The highest BCUT2D eigenvalue weighted by atomic mass is 32.1. The lowest BCUT2D eigenvalue weighted by atomic mass is 10.1. The van der Waals surface area contributed by atoms with Gasteiger partial charge in [-0.2, -0.15) is 13.2 Å². The van der Waals surface area contributed by atoms with Crippen LogP contribution >= 0.6 is 11.3 Å². The van der Waals surface area contributed by atoms with Crippen LogP contribution in [0.5, 0.6) is 0 Å². The van der Waals surface area contributed by atoms with E-state index < -0.39 is 29.6 Å². The number of hydrogen-bond acceptors (Lipinski definition) is 5. The molecule has 0 spiro atoms. The van der Waals surface area contributed by atoms with Crippen LogP contribution in [-0.4, -0.2) is 29.9 Å². The molecular formula is C25H20F3N5O3S. The zero-order valence-corrected chi connectivity index (χ0v) is 20.3. The summed E-state index contributed by atoms with van der Waals surface area (Å²) in [6.45, 7) is 1.76. The zero-order chi connectivity index (χ0) is 26.9. The maximum Gasteiger partial charge on any atom is 0.416 e. The van der Waals surface area contributed by atoms with Gasteiger partial charge in [0.15, 0.2) is 5.13 Å². The average Bonchev–Trinajstić information content (AvgIpc) is 3.28. The number of nitrogens with two attached hydrogens (primary N) is 1. The number of alkyl halides is 3. The smallest absolute Gasteiger partial charge is 0.351 e. The molecule has 0 aliphatic heterocycles. The quantitative estimate of drug-likeness (QED) is 0.311. The Hall–Kier alpha value is -4.45. The van der Waals surface area contributed by atoms with Gasteiger partial charge in [-0.1, -0.05) is 23.5 Å². The minimum Gasteiger partial charge on any atom is -0.351 e. The van der Waals surface area contributed by atoms with Crippen LogP contribution in [0.3, 0.4) is 0 Å². The van der Waals surface area contributed by atoms with Gasteiger partial charge in [0.05, 0.1) is 15.8 Å². The van der Waals surface area contributed by atoms with E-state index >= 15 is 0 Å². The van der Waals surface area contributed by atoms with Crippen LogP contribution in [0.25, 0.3) is 10.2 Å². The van der Waals surface area contributed by atoms with Crippen LogP contribution in [0.4, 0.5) is 34.5 Å². The second-order valence-corrected chi connectivity index (χ2v) is 9.10. The van der Waals surface area contributed by atoms with Crippen molar-refractivity contribution in [1.29, 1.82) is 0 Å². The third kappa shape index (κ3) is 5.70. The number of rotatable bonds is 5. The van der Waals surface area contributed by atoms with Crippen molar-refractivity contribution in [2.24, 2.45) is 5.73 Å². The number of aromatic nitrogens is 1. The highest BCUT2D eigenvalue weighted by Gasteiger charge is 2.31. The number of anilines is 3. The summed E-state index contributed by atoms with van der Waals surface area (Å²) in [5.41, 5.74) is 6.54. The van der Waals surface area contributed by atoms with Crippen molar-refractivity contribution in [2.75, 3.05) is 22.6 Å². The van der Waals surface area contributed by atoms with Gasteiger partial charge in [-0.15, -0.1) is 0 Å². The van der Waals surface area contributed by atoms with Gasteiger partial charge in [0.1, 0.15) is 0 Å². The molecule has 0 aliphatic rings. The average molecular weight is 528 g/mol. The molecule has 0 saturated heterocycles. The third-order valence-corrected chi connectivity index (χ3v) is 6.55. The first-order valence-corrected chi connectivity index (χ1v) is 11.6. The molecule has 0 saturated carbocycles. The van der Waals surface area contributed by atoms with Crippen LogP contribution in [-0.2, 0) is 6.18 Å². The Morgan fingerprint density at radius 3 is 2.35 bits per heavy atom. The topological polar surface area (TPSA) is 117 Å². The van der Waals surface area contributed by atoms with Crippen molar-refractivity contribution < 1.29 is 27.6 Å². The predicted octanol–water partition coefficient (Wildman–Crippen LogP) is 5.64. The molecule has 190 valence electrons. The molecule has 4 N–H and O–H groups in total. The van der Waals surface area contributed by atoms with E-state index in [4.69, 9.17) is 5.73 Å². The van der Waals surface area contributed by atoms with E-state index in [0.717, 1.165) is 18.2 Å². The first-order chi connectivity index (χ1) is 17.4. The number of nitrogens with one attached hydrogen (secondary N) is 2. The van der Waals surface area contributed by atoms with E-state index in [1.807, 2.05) is 0 Å². The number of benzene rings is 3. The molecule has 3 aromatic carbocycles. The fraction of sp³-hybridized carbons (Fsp3) is 0.120. The van der Waals surface area contributed by atoms with Crippen LogP contribution in [0.15, 0.2) is 60.7 Å². The lowest BCUT2D eigenvalue weighted by Gasteiger charge is -2.13. The van der Waals surface area contributed by atoms with Crippen molar-refractivity contribution >= 4 is 55.9 Å². The monoisotopic (exact) mass is 527 g/mol. The first-order valence-electron chi connectivity index (χ1n) is 10.8. The van der Waals surface area contributed by atoms with Gasteiger partial charge >= 0.3 is 12.2 Å². The molecule has 12 heteroatoms. The summed E-state index contributed by atoms with van der Waals surface area (Å²) in [5.74, 6) is -1.15. The molecule has 8 nitrogen and oxygen atoms in total. The maximum atomic E-state index is 13.0. The van der Waals surface area contributed by atoms with Crippen molar-refractivity contribution in [1.82, 2.24) is 4.98 Å². The molecule has 37 heavy (non-hydrogen) atoms. The van der Waals surface area contributed by atoms with Gasteiger partial charge in [0, 0.05) is 29.5 Å². The minimum absolute atomic E-state index is 0.153. The normalized spacial score (nSPS) is 11.3. The molecule has 4 rings (SSSR count). The fourth-order valence-corrected chi connectivity index (χ4v) is 4.33. The van der Waals surface area contributed by atoms with Crippen LogP contribution in [0.2, 0.25) is 0 Å². The Morgan fingerprint density at radius 2 is 1.65 bits per heavy atom. The van der Waals surface area contributed by atoms with E-state index in [2.05, 4.69) is 15.6 Å². The van der Waals surface area contributed by atoms with Crippen molar-refractivity contribution in [3.8, 4) is 0 Å². The van der Waals surface area contributed by atoms with Gasteiger partial charge in [-0.3, -0.25) is 14.5 Å². The number of primary amides is 1. The number of fused-ring (bicyclic) bond motifs is 1. The standard InChI is InChI=1S/C25H20F3N5O3S/c1-13-6-8-17(30-21(34)14-4-3-5-16(10-14)25(26,27)28)12-19(13)31-22(35)15-7-9-18-20(11-15)37-24(32-18)33(2)23(29)36/h3-12H,1-2H3,(H2,29,36)(H,30,34)(H,31,35). The van der Waals surface area contributed by atoms with Crippen LogP contribution in [0.1, 0.15) is 31.8 Å². The molecule has 1 aromatic heterocycles. The number of nitrogens with zero attached hydrogens (tertiary/aromatic N) is 2. The predicted molar refractivity (Wildman–Crippen MR) is 136 cm³/mol. The highest BCUT2D eigenvalue weighted by Crippen LogP contribution is 2.31. The Morgan fingerprint density at radius 1 is 0.946 bits per heavy atom. The summed E-state index contributed by atoms with van der Waals surface area (Å²) in [6.07, 6.45) is -4.57. The number of carbonyl (C=O) groups excluding carboxylic acids is 3. The molecule has 0 radical (unpaired) electrons. The molecule has 0 aliphatic carbocycles. The van der Waals surface area contributed by atoms with E-state index in [0.29, 0.717) is 37.8 Å². The number of amides is 4. The van der Waals surface area contributed by atoms with Crippen molar-refractivity contribution in [3.05, 3.63) is 82.9 Å². The highest BCUT2D eigenvalue weighted by molar-refractivity contribution is 7.22. The van der Waals surface area contributed by atoms with E-state index in [1.54, 1.807) is 37.3 Å². The Kier molecular flexibility index (Phi) is 6.86. The molecule has 4 amide bonds. The lowest BCUT2D eigenvalue weighted by molar-refractivity contribution is -0.137. The number of urea groups is 1. The van der Waals surface area contributed by atoms with Crippen LogP contribution in [0, 0.1) is 6.92 Å². The van der Waals surface area contributed by atoms with E-state index in [1.165, 1.54) is 35.4 Å². The molecule has 1 heterocycles. The first kappa shape index (κ1) is 25.6.